The maximum Gasteiger partial charge on any atom is 0.239 e. The van der Waals surface area contributed by atoms with E-state index in [1.54, 1.807) is 6.08 Å². The van der Waals surface area contributed by atoms with Crippen molar-refractivity contribution in [1.82, 2.24) is 4.90 Å². The van der Waals surface area contributed by atoms with Crippen molar-refractivity contribution in [1.29, 1.82) is 0 Å². The molecule has 9 nitrogen and oxygen atoms in total. The van der Waals surface area contributed by atoms with Crippen LogP contribution < -0.4 is 9.47 Å². The number of hydrogen-bond donors (Lipinski definition) is 2. The lowest BCUT2D eigenvalue weighted by molar-refractivity contribution is -0.258. The van der Waals surface area contributed by atoms with Gasteiger partial charge in [0, 0.05) is 44.1 Å². The third-order valence-corrected chi connectivity index (χ3v) is 15.1. The Balaban J connectivity index is 1.23. The van der Waals surface area contributed by atoms with Crippen molar-refractivity contribution in [2.24, 2.45) is 28.8 Å². The largest absolute Gasteiger partial charge is 0.459 e. The lowest BCUT2D eigenvalue weighted by Crippen LogP contribution is -2.70. The van der Waals surface area contributed by atoms with Crippen molar-refractivity contribution in [2.75, 3.05) is 26.4 Å². The van der Waals surface area contributed by atoms with Gasteiger partial charge in [0.15, 0.2) is 0 Å². The van der Waals surface area contributed by atoms with E-state index in [0.717, 1.165) is 81.8 Å². The molecule has 5 aromatic rings. The molecule has 9 heteroatoms. The van der Waals surface area contributed by atoms with E-state index in [2.05, 4.69) is 90.4 Å². The number of hydrogen-bond acceptors (Lipinski definition) is 8. The number of amides is 1. The molecule has 6 atom stereocenters. The number of allylic oxidation sites excluding steroid dienone is 1. The van der Waals surface area contributed by atoms with Gasteiger partial charge in [-0.25, -0.2) is 0 Å². The summed E-state index contributed by atoms with van der Waals surface area (Å²) in [4.78, 5) is 23.5. The number of nitrogens with zero attached hydrogens (tertiary/aromatic N) is 2. The Morgan fingerprint density at radius 3 is 2.37 bits per heavy atom. The van der Waals surface area contributed by atoms with Crippen molar-refractivity contribution in [3.63, 3.8) is 0 Å². The molecule has 1 heterocycles. The third kappa shape index (κ3) is 9.92. The summed E-state index contributed by atoms with van der Waals surface area (Å²) < 4.78 is 21.6. The number of carbonyl (C=O) groups excluding carboxylic acids is 1. The summed E-state index contributed by atoms with van der Waals surface area (Å²) in [5.41, 5.74) is 3.93. The van der Waals surface area contributed by atoms with E-state index in [4.69, 9.17) is 24.2 Å². The fourth-order valence-corrected chi connectivity index (χ4v) is 12.0. The third-order valence-electron chi connectivity index (χ3n) is 15.1. The average Bonchev–Trinajstić information content (AvgIpc) is 3.89. The van der Waals surface area contributed by atoms with Crippen LogP contribution in [0.1, 0.15) is 107 Å². The first-order valence-electron chi connectivity index (χ1n) is 25.1. The summed E-state index contributed by atoms with van der Waals surface area (Å²) >= 11 is 0. The van der Waals surface area contributed by atoms with Gasteiger partial charge in [-0.15, -0.1) is 6.58 Å². The Morgan fingerprint density at radius 2 is 1.58 bits per heavy atom. The number of fused-ring (bicyclic) bond motifs is 4. The molecule has 6 unspecified atom stereocenters. The maximum absolute atomic E-state index is 15.4. The molecule has 2 N–H and O–H groups in total. The lowest BCUT2D eigenvalue weighted by Gasteiger charge is -2.60. The first-order chi connectivity index (χ1) is 32.9. The zero-order valence-electron chi connectivity index (χ0n) is 39.2. The highest BCUT2D eigenvalue weighted by molar-refractivity contribution is 6.03. The van der Waals surface area contributed by atoms with Gasteiger partial charge in [-0.2, -0.15) is 0 Å². The van der Waals surface area contributed by atoms with Crippen molar-refractivity contribution >= 4 is 33.2 Å². The molecular weight excluding hydrogens is 837 g/mol. The summed E-state index contributed by atoms with van der Waals surface area (Å²) in [6.07, 6.45) is 15.4. The summed E-state index contributed by atoms with van der Waals surface area (Å²) in [6.45, 7) is 7.31. The molecule has 3 aliphatic carbocycles. The van der Waals surface area contributed by atoms with E-state index in [1.165, 1.54) is 25.7 Å². The standard InChI is InChI=1S/C58H68N2O7/c1-3-34-64-58-54(60(55(63)31-26-40-16-5-6-17-40)39-45-23-15-22-42-19-9-10-24-48(42)45)38-52(59-65-4-2)50-36-44(21-11-13-32-61)49(25-12-14-33-62)56(57(50)58)51-37-47(29-30-53(51)67-58)66-46-28-27-41-18-7-8-20-43(41)35-46/h3,7-10,15,18-20,22-24,27-30,35-37,40,44,49,54,56-57,61-62H,1,4-6,11-14,16-17,21,25-26,31-34,38-39H2,2H3. The van der Waals surface area contributed by atoms with Gasteiger partial charge < -0.3 is 34.2 Å². The normalized spacial score (nSPS) is 23.9. The van der Waals surface area contributed by atoms with Gasteiger partial charge >= 0.3 is 0 Å². The molecule has 1 aliphatic heterocycles. The van der Waals surface area contributed by atoms with Crippen LogP contribution in [0, 0.1) is 23.7 Å². The summed E-state index contributed by atoms with van der Waals surface area (Å²) in [6, 6.07) is 34.8. The molecule has 5 aromatic carbocycles. The van der Waals surface area contributed by atoms with Crippen molar-refractivity contribution in [2.45, 2.75) is 115 Å². The van der Waals surface area contributed by atoms with Crippen LogP contribution in [0.5, 0.6) is 17.2 Å². The minimum absolute atomic E-state index is 0.0804. The maximum atomic E-state index is 15.4. The van der Waals surface area contributed by atoms with Gasteiger partial charge in [-0.3, -0.25) is 4.79 Å². The lowest BCUT2D eigenvalue weighted by atomic mass is 9.55. The van der Waals surface area contributed by atoms with Crippen LogP contribution in [-0.2, 0) is 20.9 Å². The predicted molar refractivity (Wildman–Crippen MR) is 266 cm³/mol. The Bertz CT molecular complexity index is 2560. The SMILES string of the molecule is C=CCOC12Oc3ccc(Oc4ccc5ccccc5c4)cc3C3C(CCCCO)C(CCCCO)C=C(C(=NOCC)CC1N(Cc1cccc4ccccc14)C(=O)CCC1CCCC1)C32. The molecule has 1 amide bonds. The molecule has 4 aliphatic rings. The van der Waals surface area contributed by atoms with E-state index in [1.807, 2.05) is 37.3 Å². The summed E-state index contributed by atoms with van der Waals surface area (Å²) in [7, 11) is 0. The van der Waals surface area contributed by atoms with Crippen molar-refractivity contribution in [3.8, 4) is 17.2 Å². The summed E-state index contributed by atoms with van der Waals surface area (Å²) in [5.74, 6) is 1.09. The number of aliphatic hydroxyl groups is 2. The van der Waals surface area contributed by atoms with Gasteiger partial charge in [0.2, 0.25) is 11.7 Å². The molecule has 0 radical (unpaired) electrons. The smallest absolute Gasteiger partial charge is 0.239 e. The highest BCUT2D eigenvalue weighted by Gasteiger charge is 2.65. The number of unbranched alkanes of at least 4 members (excludes halogenated alkanes) is 2. The van der Waals surface area contributed by atoms with Crippen molar-refractivity contribution < 1.29 is 34.1 Å². The molecular formula is C58H68N2O7. The number of benzene rings is 5. The van der Waals surface area contributed by atoms with Crippen LogP contribution in [0.15, 0.2) is 133 Å². The topological polar surface area (TPSA) is 110 Å². The van der Waals surface area contributed by atoms with Crippen molar-refractivity contribution in [3.05, 3.63) is 139 Å². The molecule has 0 saturated heterocycles. The monoisotopic (exact) mass is 905 g/mol. The second-order valence-electron chi connectivity index (χ2n) is 19.2. The van der Waals surface area contributed by atoms with E-state index in [-0.39, 0.29) is 43.5 Å². The summed E-state index contributed by atoms with van der Waals surface area (Å²) in [5, 5.41) is 29.5. The highest BCUT2D eigenvalue weighted by Crippen LogP contribution is 2.62. The molecule has 9 rings (SSSR count). The molecule has 0 bridgehead atoms. The number of rotatable bonds is 21. The Kier molecular flexibility index (Phi) is 15.1. The molecule has 0 spiro atoms. The zero-order chi connectivity index (χ0) is 46.2. The van der Waals surface area contributed by atoms with Crippen LogP contribution in [0.4, 0.5) is 0 Å². The van der Waals surface area contributed by atoms with Crippen LogP contribution in [-0.4, -0.2) is 65.0 Å². The number of aliphatic hydroxyl groups excluding tert-OH is 2. The van der Waals surface area contributed by atoms with Crippen LogP contribution >= 0.6 is 0 Å². The molecule has 67 heavy (non-hydrogen) atoms. The average molecular weight is 905 g/mol. The van der Waals surface area contributed by atoms with E-state index in [9.17, 15) is 10.2 Å². The van der Waals surface area contributed by atoms with Gasteiger partial charge in [-0.1, -0.05) is 129 Å². The minimum Gasteiger partial charge on any atom is -0.459 e. The number of ether oxygens (including phenoxy) is 3. The van der Waals surface area contributed by atoms with Gasteiger partial charge in [0.1, 0.15) is 29.9 Å². The van der Waals surface area contributed by atoms with E-state index in [0.29, 0.717) is 56.3 Å². The fourth-order valence-electron chi connectivity index (χ4n) is 12.0. The minimum atomic E-state index is -1.34. The number of oxime groups is 1. The molecule has 2 fully saturated rings. The van der Waals surface area contributed by atoms with Crippen LogP contribution in [0.25, 0.3) is 21.5 Å². The molecule has 0 aromatic heterocycles. The first kappa shape index (κ1) is 46.6. The Labute approximate surface area is 396 Å². The molecule has 352 valence electrons. The quantitative estimate of drug-likeness (QED) is 0.0429. The fraction of sp³-hybridized carbons (Fsp3) is 0.448. The second-order valence-corrected chi connectivity index (χ2v) is 19.2. The Morgan fingerprint density at radius 1 is 0.851 bits per heavy atom. The number of carbonyl (C=O) groups is 1. The Hall–Kier alpha value is -5.48. The van der Waals surface area contributed by atoms with E-state index < -0.39 is 17.7 Å². The van der Waals surface area contributed by atoms with Gasteiger partial charge in [-0.05, 0) is 120 Å². The van der Waals surface area contributed by atoms with Gasteiger partial charge in [0.25, 0.3) is 0 Å². The van der Waals surface area contributed by atoms with E-state index >= 15 is 4.79 Å². The predicted octanol–water partition coefficient (Wildman–Crippen LogP) is 12.4. The second kappa shape index (κ2) is 21.6. The highest BCUT2D eigenvalue weighted by atomic mass is 16.7. The zero-order valence-corrected chi connectivity index (χ0v) is 39.2. The van der Waals surface area contributed by atoms with Crippen LogP contribution in [0.3, 0.4) is 0 Å². The van der Waals surface area contributed by atoms with Crippen LogP contribution in [0.2, 0.25) is 0 Å². The first-order valence-corrected chi connectivity index (χ1v) is 25.1. The van der Waals surface area contributed by atoms with Gasteiger partial charge in [0.05, 0.1) is 18.2 Å². The molecule has 2 saturated carbocycles.